The third kappa shape index (κ3) is 7.44. The number of nitrogens with zero attached hydrogens (tertiary/aromatic N) is 4. The number of hydrazone groups is 1. The van der Waals surface area contributed by atoms with Crippen LogP contribution in [0.25, 0.3) is 0 Å². The fourth-order valence-electron chi connectivity index (χ4n) is 3.39. The number of anilines is 1. The maximum Gasteiger partial charge on any atom is 0.417 e. The molecule has 0 bridgehead atoms. The van der Waals surface area contributed by atoms with Crippen LogP contribution in [0.3, 0.4) is 0 Å². The molecule has 1 aromatic carbocycles. The molecule has 2 rings (SSSR count). The van der Waals surface area contributed by atoms with E-state index in [9.17, 15) is 22.4 Å². The van der Waals surface area contributed by atoms with Crippen molar-refractivity contribution in [2.24, 2.45) is 5.10 Å². The van der Waals surface area contributed by atoms with Crippen LogP contribution in [0.2, 0.25) is 0 Å². The zero-order valence-electron chi connectivity index (χ0n) is 20.3. The van der Waals surface area contributed by atoms with Crippen LogP contribution >= 0.6 is 0 Å². The van der Waals surface area contributed by atoms with Gasteiger partial charge in [0.1, 0.15) is 12.4 Å². The van der Waals surface area contributed by atoms with Crippen molar-refractivity contribution in [1.82, 2.24) is 9.88 Å². The normalized spacial score (nSPS) is 12.1. The van der Waals surface area contributed by atoms with E-state index in [1.54, 1.807) is 27.8 Å². The number of rotatable bonds is 8. The molecule has 0 aliphatic heterocycles. The number of carbonyl (C=O) groups is 1. The van der Waals surface area contributed by atoms with Gasteiger partial charge in [-0.1, -0.05) is 18.8 Å². The highest BCUT2D eigenvalue weighted by molar-refractivity contribution is 6.01. The van der Waals surface area contributed by atoms with Crippen LogP contribution in [0.1, 0.15) is 48.7 Å². The van der Waals surface area contributed by atoms with E-state index < -0.39 is 29.5 Å². The second-order valence-electron chi connectivity index (χ2n) is 7.70. The van der Waals surface area contributed by atoms with Gasteiger partial charge in [-0.15, -0.1) is 0 Å². The minimum absolute atomic E-state index is 0.00194. The molecular weight excluding hydrogens is 464 g/mol. The van der Waals surface area contributed by atoms with Crippen LogP contribution < -0.4 is 9.75 Å². The molecule has 0 aliphatic carbocycles. The lowest BCUT2D eigenvalue weighted by Gasteiger charge is -2.30. The summed E-state index contributed by atoms with van der Waals surface area (Å²) in [6.07, 6.45) is -1.73. The van der Waals surface area contributed by atoms with Crippen LogP contribution in [0.15, 0.2) is 35.6 Å². The molecule has 1 heterocycles. The van der Waals surface area contributed by atoms with Crippen molar-refractivity contribution in [2.45, 2.75) is 46.3 Å². The number of halogens is 4. The SMILES string of the molecule is CCC#C/C=N\N(C)c1c(C)cc(F)cc1C(=O)N(CC)[C@@H](C)COc1ccc(C(F)(F)F)cn1. The average molecular weight is 493 g/mol. The van der Waals surface area contributed by atoms with Crippen molar-refractivity contribution >= 4 is 17.8 Å². The van der Waals surface area contributed by atoms with Gasteiger partial charge in [-0.2, -0.15) is 18.3 Å². The Hall–Kier alpha value is -3.61. The van der Waals surface area contributed by atoms with Crippen LogP contribution in [0.4, 0.5) is 23.2 Å². The standard InChI is InChI=1S/C25H28F4N4O2/c1-6-8-9-12-31-32(5)23-17(3)13-20(26)14-21(23)24(34)33(7-2)18(4)16-35-22-11-10-19(15-30-22)25(27,28)29/h10-15,18H,6-7,16H2,1-5H3/b31-12-/t18-/m0/s1. The predicted molar refractivity (Wildman–Crippen MR) is 127 cm³/mol. The Bertz CT molecular complexity index is 1110. The first kappa shape index (κ1) is 27.6. The summed E-state index contributed by atoms with van der Waals surface area (Å²) in [6, 6.07) is 3.98. The van der Waals surface area contributed by atoms with E-state index in [0.717, 1.165) is 18.2 Å². The fourth-order valence-corrected chi connectivity index (χ4v) is 3.39. The minimum Gasteiger partial charge on any atom is -0.475 e. The Morgan fingerprint density at radius 1 is 1.29 bits per heavy atom. The Morgan fingerprint density at radius 3 is 2.57 bits per heavy atom. The Balaban J connectivity index is 2.24. The zero-order chi connectivity index (χ0) is 26.2. The van der Waals surface area contributed by atoms with Crippen molar-refractivity contribution in [2.75, 3.05) is 25.2 Å². The van der Waals surface area contributed by atoms with Crippen LogP contribution in [-0.2, 0) is 6.18 Å². The summed E-state index contributed by atoms with van der Waals surface area (Å²) in [6.45, 7) is 7.33. The molecular formula is C25H28F4N4O2. The molecule has 1 aromatic heterocycles. The van der Waals surface area contributed by atoms with Gasteiger partial charge in [0, 0.05) is 32.3 Å². The highest BCUT2D eigenvalue weighted by atomic mass is 19.4. The van der Waals surface area contributed by atoms with E-state index >= 15 is 0 Å². The molecule has 2 aromatic rings. The summed E-state index contributed by atoms with van der Waals surface area (Å²) in [5.74, 6) is 4.63. The summed E-state index contributed by atoms with van der Waals surface area (Å²) in [5, 5.41) is 5.69. The number of carbonyl (C=O) groups excluding carboxylic acids is 1. The smallest absolute Gasteiger partial charge is 0.417 e. The lowest BCUT2D eigenvalue weighted by molar-refractivity contribution is -0.137. The molecule has 1 amide bonds. The van der Waals surface area contributed by atoms with Crippen LogP contribution in [0, 0.1) is 24.6 Å². The number of aryl methyl sites for hydroxylation is 1. The highest BCUT2D eigenvalue weighted by Crippen LogP contribution is 2.30. The number of hydrogen-bond acceptors (Lipinski definition) is 5. The summed E-state index contributed by atoms with van der Waals surface area (Å²) < 4.78 is 57.9. The molecule has 0 unspecified atom stereocenters. The second kappa shape index (κ2) is 12.2. The monoisotopic (exact) mass is 492 g/mol. The highest BCUT2D eigenvalue weighted by Gasteiger charge is 2.31. The number of alkyl halides is 3. The number of hydrogen-bond donors (Lipinski definition) is 0. The van der Waals surface area contributed by atoms with Crippen molar-refractivity contribution in [1.29, 1.82) is 0 Å². The average Bonchev–Trinajstić information content (AvgIpc) is 2.80. The number of aromatic nitrogens is 1. The maximum absolute atomic E-state index is 14.3. The second-order valence-corrected chi connectivity index (χ2v) is 7.70. The van der Waals surface area contributed by atoms with E-state index in [1.807, 2.05) is 6.92 Å². The van der Waals surface area contributed by atoms with Gasteiger partial charge in [-0.3, -0.25) is 9.80 Å². The van der Waals surface area contributed by atoms with E-state index in [1.165, 1.54) is 22.2 Å². The molecule has 0 fully saturated rings. The number of benzene rings is 1. The fraction of sp³-hybridized carbons (Fsp3) is 0.400. The third-order valence-electron chi connectivity index (χ3n) is 5.06. The number of amides is 1. The van der Waals surface area contributed by atoms with Crippen molar-refractivity contribution in [3.63, 3.8) is 0 Å². The molecule has 10 heteroatoms. The molecule has 188 valence electrons. The molecule has 0 N–H and O–H groups in total. The van der Waals surface area contributed by atoms with Gasteiger partial charge in [0.25, 0.3) is 5.91 Å². The Labute approximate surface area is 202 Å². The number of ether oxygens (including phenoxy) is 1. The van der Waals surface area contributed by atoms with Crippen molar-refractivity contribution in [3.8, 4) is 17.7 Å². The van der Waals surface area contributed by atoms with Crippen molar-refractivity contribution < 1.29 is 27.1 Å². The predicted octanol–water partition coefficient (Wildman–Crippen LogP) is 5.31. The van der Waals surface area contributed by atoms with Crippen LogP contribution in [-0.4, -0.2) is 48.2 Å². The number of pyridine rings is 1. The van der Waals surface area contributed by atoms with Gasteiger partial charge in [0.15, 0.2) is 0 Å². The minimum atomic E-state index is -4.50. The first-order chi connectivity index (χ1) is 16.5. The Morgan fingerprint density at radius 2 is 2.00 bits per heavy atom. The van der Waals surface area contributed by atoms with Gasteiger partial charge < -0.3 is 9.64 Å². The van der Waals surface area contributed by atoms with Gasteiger partial charge >= 0.3 is 6.18 Å². The quantitative estimate of drug-likeness (QED) is 0.217. The lowest BCUT2D eigenvalue weighted by Crippen LogP contribution is -2.42. The Kier molecular flexibility index (Phi) is 9.63. The number of likely N-dealkylation sites (N-methyl/N-ethyl adjacent to an activating group) is 1. The van der Waals surface area contributed by atoms with E-state index in [0.29, 0.717) is 23.9 Å². The van der Waals surface area contributed by atoms with Gasteiger partial charge in [-0.25, -0.2) is 9.37 Å². The third-order valence-corrected chi connectivity index (χ3v) is 5.06. The molecule has 0 radical (unpaired) electrons. The summed E-state index contributed by atoms with van der Waals surface area (Å²) in [5.41, 5.74) is 0.184. The van der Waals surface area contributed by atoms with Gasteiger partial charge in [0.05, 0.1) is 29.1 Å². The largest absolute Gasteiger partial charge is 0.475 e. The lowest BCUT2D eigenvalue weighted by atomic mass is 10.0. The molecule has 0 saturated carbocycles. The van der Waals surface area contributed by atoms with E-state index in [2.05, 4.69) is 21.9 Å². The maximum atomic E-state index is 14.3. The van der Waals surface area contributed by atoms with Crippen molar-refractivity contribution in [3.05, 3.63) is 53.0 Å². The molecule has 0 saturated heterocycles. The first-order valence-electron chi connectivity index (χ1n) is 11.0. The summed E-state index contributed by atoms with van der Waals surface area (Å²) in [4.78, 5) is 18.6. The zero-order valence-corrected chi connectivity index (χ0v) is 20.3. The summed E-state index contributed by atoms with van der Waals surface area (Å²) >= 11 is 0. The first-order valence-corrected chi connectivity index (χ1v) is 11.0. The molecule has 6 nitrogen and oxygen atoms in total. The molecule has 35 heavy (non-hydrogen) atoms. The summed E-state index contributed by atoms with van der Waals surface area (Å²) in [7, 11) is 1.64. The van der Waals surface area contributed by atoms with Crippen LogP contribution in [0.5, 0.6) is 5.88 Å². The molecule has 0 spiro atoms. The van der Waals surface area contributed by atoms with Gasteiger partial charge in [0.2, 0.25) is 5.88 Å². The van der Waals surface area contributed by atoms with E-state index in [-0.39, 0.29) is 24.6 Å². The topological polar surface area (TPSA) is 58.0 Å². The molecule has 1 atom stereocenters. The molecule has 0 aliphatic rings. The van der Waals surface area contributed by atoms with E-state index in [4.69, 9.17) is 4.74 Å². The van der Waals surface area contributed by atoms with Gasteiger partial charge in [-0.05, 0) is 44.5 Å².